The van der Waals surface area contributed by atoms with Gasteiger partial charge in [0.25, 0.3) is 0 Å². The van der Waals surface area contributed by atoms with Gasteiger partial charge >= 0.3 is 0 Å². The van der Waals surface area contributed by atoms with E-state index in [4.69, 9.17) is 4.74 Å². The van der Waals surface area contributed by atoms with Gasteiger partial charge in [-0.1, -0.05) is 46.0 Å². The van der Waals surface area contributed by atoms with Crippen LogP contribution in [0.1, 0.15) is 65.2 Å². The lowest BCUT2D eigenvalue weighted by atomic mass is 9.73. The van der Waals surface area contributed by atoms with E-state index in [9.17, 15) is 0 Å². The highest BCUT2D eigenvalue weighted by molar-refractivity contribution is 4.88. The molecular weight excluding hydrogens is 234 g/mol. The maximum atomic E-state index is 5.61. The Morgan fingerprint density at radius 1 is 1.05 bits per heavy atom. The standard InChI is InChI=1S/C17H33NO/c1-3-5-6-14-7-9-15(10-8-14)17(18-4-2)16-11-12-19-13-16/h14-18H,3-13H2,1-2H3. The van der Waals surface area contributed by atoms with E-state index in [1.807, 2.05) is 0 Å². The highest BCUT2D eigenvalue weighted by Crippen LogP contribution is 2.36. The maximum Gasteiger partial charge on any atom is 0.0510 e. The third-order valence-corrected chi connectivity index (χ3v) is 5.28. The van der Waals surface area contributed by atoms with Crippen molar-refractivity contribution in [1.82, 2.24) is 5.32 Å². The summed E-state index contributed by atoms with van der Waals surface area (Å²) in [6, 6.07) is 0.722. The second-order valence-corrected chi connectivity index (χ2v) is 6.63. The van der Waals surface area contributed by atoms with Gasteiger partial charge in [-0.2, -0.15) is 0 Å². The maximum absolute atomic E-state index is 5.61. The van der Waals surface area contributed by atoms with E-state index in [0.29, 0.717) is 0 Å². The Bertz CT molecular complexity index is 229. The largest absolute Gasteiger partial charge is 0.381 e. The van der Waals surface area contributed by atoms with Gasteiger partial charge in [0, 0.05) is 18.6 Å². The first-order valence-corrected chi connectivity index (χ1v) is 8.66. The van der Waals surface area contributed by atoms with Crippen LogP contribution in [0.25, 0.3) is 0 Å². The molecule has 2 atom stereocenters. The summed E-state index contributed by atoms with van der Waals surface area (Å²) in [4.78, 5) is 0. The summed E-state index contributed by atoms with van der Waals surface area (Å²) in [7, 11) is 0. The van der Waals surface area contributed by atoms with Crippen LogP contribution in [-0.2, 0) is 4.74 Å². The smallest absolute Gasteiger partial charge is 0.0510 e. The van der Waals surface area contributed by atoms with E-state index >= 15 is 0 Å². The zero-order valence-electron chi connectivity index (χ0n) is 13.0. The van der Waals surface area contributed by atoms with Crippen molar-refractivity contribution < 1.29 is 4.74 Å². The first kappa shape index (κ1) is 15.3. The van der Waals surface area contributed by atoms with E-state index in [1.165, 1.54) is 51.4 Å². The fourth-order valence-electron chi connectivity index (χ4n) is 4.12. The molecule has 2 rings (SSSR count). The predicted molar refractivity (Wildman–Crippen MR) is 81.4 cm³/mol. The summed E-state index contributed by atoms with van der Waals surface area (Å²) in [6.07, 6.45) is 11.4. The number of nitrogens with one attached hydrogen (secondary N) is 1. The summed E-state index contributed by atoms with van der Waals surface area (Å²) in [6.45, 7) is 7.64. The third-order valence-electron chi connectivity index (χ3n) is 5.28. The van der Waals surface area contributed by atoms with E-state index in [1.54, 1.807) is 0 Å². The molecule has 2 fully saturated rings. The minimum atomic E-state index is 0.722. The fourth-order valence-corrected chi connectivity index (χ4v) is 4.12. The van der Waals surface area contributed by atoms with E-state index < -0.39 is 0 Å². The van der Waals surface area contributed by atoms with Crippen LogP contribution in [0.3, 0.4) is 0 Å². The van der Waals surface area contributed by atoms with Crippen molar-refractivity contribution >= 4 is 0 Å². The minimum Gasteiger partial charge on any atom is -0.381 e. The molecule has 1 saturated carbocycles. The average molecular weight is 267 g/mol. The number of ether oxygens (including phenoxy) is 1. The van der Waals surface area contributed by atoms with Gasteiger partial charge < -0.3 is 10.1 Å². The molecule has 0 amide bonds. The number of rotatable bonds is 7. The van der Waals surface area contributed by atoms with E-state index in [0.717, 1.165) is 43.6 Å². The summed E-state index contributed by atoms with van der Waals surface area (Å²) in [5.41, 5.74) is 0. The zero-order chi connectivity index (χ0) is 13.5. The van der Waals surface area contributed by atoms with Crippen LogP contribution in [-0.4, -0.2) is 25.8 Å². The van der Waals surface area contributed by atoms with Gasteiger partial charge in [0.15, 0.2) is 0 Å². The Labute approximate surface area is 119 Å². The Morgan fingerprint density at radius 3 is 2.42 bits per heavy atom. The first-order chi connectivity index (χ1) is 9.35. The predicted octanol–water partition coefficient (Wildman–Crippen LogP) is 4.00. The fraction of sp³-hybridized carbons (Fsp3) is 1.00. The molecule has 1 saturated heterocycles. The quantitative estimate of drug-likeness (QED) is 0.753. The summed E-state index contributed by atoms with van der Waals surface area (Å²) in [5, 5.41) is 3.77. The minimum absolute atomic E-state index is 0.722. The van der Waals surface area contributed by atoms with Gasteiger partial charge in [0.05, 0.1) is 6.61 Å². The molecule has 2 nitrogen and oxygen atoms in total. The highest BCUT2D eigenvalue weighted by atomic mass is 16.5. The van der Waals surface area contributed by atoms with Gasteiger partial charge in [-0.15, -0.1) is 0 Å². The topological polar surface area (TPSA) is 21.3 Å². The average Bonchev–Trinajstić information content (AvgIpc) is 2.97. The lowest BCUT2D eigenvalue weighted by Gasteiger charge is -2.37. The third kappa shape index (κ3) is 4.46. The Kier molecular flexibility index (Phi) is 6.66. The molecule has 0 aromatic rings. The van der Waals surface area contributed by atoms with Crippen LogP contribution in [0.2, 0.25) is 0 Å². The van der Waals surface area contributed by atoms with Crippen molar-refractivity contribution in [3.05, 3.63) is 0 Å². The van der Waals surface area contributed by atoms with Crippen LogP contribution >= 0.6 is 0 Å². The molecule has 2 aliphatic rings. The molecule has 1 aliphatic carbocycles. The molecule has 0 bridgehead atoms. The number of hydrogen-bond acceptors (Lipinski definition) is 2. The van der Waals surface area contributed by atoms with E-state index in [2.05, 4.69) is 19.2 Å². The molecule has 2 unspecified atom stereocenters. The van der Waals surface area contributed by atoms with Crippen LogP contribution < -0.4 is 5.32 Å². The Balaban J connectivity index is 1.79. The monoisotopic (exact) mass is 267 g/mol. The first-order valence-electron chi connectivity index (χ1n) is 8.66. The van der Waals surface area contributed by atoms with Gasteiger partial charge in [-0.3, -0.25) is 0 Å². The van der Waals surface area contributed by atoms with Gasteiger partial charge in [0.1, 0.15) is 0 Å². The van der Waals surface area contributed by atoms with Crippen molar-refractivity contribution in [2.45, 2.75) is 71.3 Å². The molecule has 1 heterocycles. The SMILES string of the molecule is CCCCC1CCC(C(NCC)C2CCOC2)CC1. The van der Waals surface area contributed by atoms with Crippen LogP contribution in [0, 0.1) is 17.8 Å². The summed E-state index contributed by atoms with van der Waals surface area (Å²) >= 11 is 0. The van der Waals surface area contributed by atoms with Gasteiger partial charge in [-0.25, -0.2) is 0 Å². The molecule has 2 heteroatoms. The molecule has 1 aliphatic heterocycles. The summed E-state index contributed by atoms with van der Waals surface area (Å²) < 4.78 is 5.61. The molecule has 0 radical (unpaired) electrons. The summed E-state index contributed by atoms with van der Waals surface area (Å²) in [5.74, 6) is 2.71. The zero-order valence-corrected chi connectivity index (χ0v) is 13.0. The van der Waals surface area contributed by atoms with Gasteiger partial charge in [0.2, 0.25) is 0 Å². The van der Waals surface area contributed by atoms with Crippen molar-refractivity contribution in [3.63, 3.8) is 0 Å². The van der Waals surface area contributed by atoms with Crippen LogP contribution in [0.4, 0.5) is 0 Å². The number of hydrogen-bond donors (Lipinski definition) is 1. The van der Waals surface area contributed by atoms with Gasteiger partial charge in [-0.05, 0) is 37.6 Å². The highest BCUT2D eigenvalue weighted by Gasteiger charge is 2.33. The molecule has 0 aromatic heterocycles. The number of unbranched alkanes of at least 4 members (excludes halogenated alkanes) is 1. The lowest BCUT2D eigenvalue weighted by molar-refractivity contribution is 0.142. The second-order valence-electron chi connectivity index (χ2n) is 6.63. The molecular formula is C17H33NO. The molecule has 112 valence electrons. The normalized spacial score (nSPS) is 33.5. The van der Waals surface area contributed by atoms with E-state index in [-0.39, 0.29) is 0 Å². The van der Waals surface area contributed by atoms with Crippen molar-refractivity contribution in [2.75, 3.05) is 19.8 Å². The molecule has 0 spiro atoms. The molecule has 0 aromatic carbocycles. The van der Waals surface area contributed by atoms with Crippen LogP contribution in [0.5, 0.6) is 0 Å². The molecule has 1 N–H and O–H groups in total. The van der Waals surface area contributed by atoms with Crippen molar-refractivity contribution in [2.24, 2.45) is 17.8 Å². The lowest BCUT2D eigenvalue weighted by Crippen LogP contribution is -2.44. The second kappa shape index (κ2) is 8.26. The Morgan fingerprint density at radius 2 is 1.84 bits per heavy atom. The van der Waals surface area contributed by atoms with Crippen molar-refractivity contribution in [1.29, 1.82) is 0 Å². The Hall–Kier alpha value is -0.0800. The van der Waals surface area contributed by atoms with Crippen molar-refractivity contribution in [3.8, 4) is 0 Å². The molecule has 19 heavy (non-hydrogen) atoms. The van der Waals surface area contributed by atoms with Crippen LogP contribution in [0.15, 0.2) is 0 Å².